The van der Waals surface area contributed by atoms with E-state index in [-0.39, 0.29) is 11.9 Å². The molecular formula is C22H25FN6O. The van der Waals surface area contributed by atoms with Gasteiger partial charge in [0.05, 0.1) is 6.54 Å². The van der Waals surface area contributed by atoms with Crippen molar-refractivity contribution < 1.29 is 8.91 Å². The van der Waals surface area contributed by atoms with Crippen molar-refractivity contribution in [1.29, 1.82) is 0 Å². The number of aliphatic imine (C=N–C) groups is 1. The van der Waals surface area contributed by atoms with Gasteiger partial charge in [-0.05, 0) is 25.5 Å². The summed E-state index contributed by atoms with van der Waals surface area (Å²) in [7, 11) is 0. The summed E-state index contributed by atoms with van der Waals surface area (Å²) in [5, 5.41) is 10.8. The van der Waals surface area contributed by atoms with E-state index in [9.17, 15) is 4.39 Å². The van der Waals surface area contributed by atoms with E-state index in [1.165, 1.54) is 6.07 Å². The van der Waals surface area contributed by atoms with Gasteiger partial charge in [0.1, 0.15) is 5.69 Å². The Morgan fingerprint density at radius 3 is 2.93 bits per heavy atom. The van der Waals surface area contributed by atoms with Gasteiger partial charge < -0.3 is 20.1 Å². The molecule has 0 bridgehead atoms. The molecule has 30 heavy (non-hydrogen) atoms. The van der Waals surface area contributed by atoms with Crippen LogP contribution in [0.4, 0.5) is 10.2 Å². The second-order valence-corrected chi connectivity index (χ2v) is 7.13. The third kappa shape index (κ3) is 4.76. The minimum atomic E-state index is -0.293. The number of halogens is 1. The first-order valence-electron chi connectivity index (χ1n) is 10.1. The molecule has 1 aromatic carbocycles. The van der Waals surface area contributed by atoms with E-state index in [1.54, 1.807) is 12.3 Å². The van der Waals surface area contributed by atoms with Crippen LogP contribution in [0.25, 0.3) is 11.3 Å². The van der Waals surface area contributed by atoms with Crippen LogP contribution in [0.2, 0.25) is 0 Å². The lowest BCUT2D eigenvalue weighted by Gasteiger charge is -2.19. The van der Waals surface area contributed by atoms with Crippen molar-refractivity contribution in [3.8, 4) is 11.3 Å². The summed E-state index contributed by atoms with van der Waals surface area (Å²) in [5.41, 5.74) is 1.74. The highest BCUT2D eigenvalue weighted by Crippen LogP contribution is 2.21. The Bertz CT molecular complexity index is 990. The number of hydrogen-bond donors (Lipinski definition) is 2. The molecule has 1 saturated heterocycles. The van der Waals surface area contributed by atoms with Crippen LogP contribution in [-0.4, -0.2) is 41.8 Å². The second kappa shape index (κ2) is 9.39. The predicted molar refractivity (Wildman–Crippen MR) is 115 cm³/mol. The van der Waals surface area contributed by atoms with E-state index >= 15 is 0 Å². The molecule has 0 radical (unpaired) electrons. The zero-order chi connectivity index (χ0) is 20.8. The molecule has 1 fully saturated rings. The smallest absolute Gasteiger partial charge is 0.191 e. The highest BCUT2D eigenvalue weighted by molar-refractivity contribution is 5.80. The van der Waals surface area contributed by atoms with Crippen molar-refractivity contribution in [2.45, 2.75) is 25.9 Å². The number of guanidine groups is 1. The highest BCUT2D eigenvalue weighted by atomic mass is 19.1. The van der Waals surface area contributed by atoms with Crippen molar-refractivity contribution >= 4 is 11.8 Å². The Balaban J connectivity index is 1.38. The van der Waals surface area contributed by atoms with Gasteiger partial charge in [-0.2, -0.15) is 0 Å². The van der Waals surface area contributed by atoms with Gasteiger partial charge >= 0.3 is 0 Å². The van der Waals surface area contributed by atoms with E-state index in [2.05, 4.69) is 25.8 Å². The Morgan fingerprint density at radius 1 is 1.27 bits per heavy atom. The van der Waals surface area contributed by atoms with Crippen molar-refractivity contribution in [3.05, 3.63) is 66.2 Å². The van der Waals surface area contributed by atoms with Crippen LogP contribution in [0, 0.1) is 5.82 Å². The number of rotatable bonds is 6. The summed E-state index contributed by atoms with van der Waals surface area (Å²) >= 11 is 0. The van der Waals surface area contributed by atoms with E-state index in [0.717, 1.165) is 36.5 Å². The molecule has 1 aliphatic heterocycles. The summed E-state index contributed by atoms with van der Waals surface area (Å²) < 4.78 is 19.4. The molecule has 0 saturated carbocycles. The molecule has 2 N–H and O–H groups in total. The summed E-state index contributed by atoms with van der Waals surface area (Å²) in [6.07, 6.45) is 2.49. The summed E-state index contributed by atoms with van der Waals surface area (Å²) in [6.45, 7) is 4.57. The number of nitrogens with one attached hydrogen (secondary N) is 2. The number of benzene rings is 1. The monoisotopic (exact) mass is 408 g/mol. The van der Waals surface area contributed by atoms with Crippen LogP contribution in [0.3, 0.4) is 0 Å². The molecule has 3 heterocycles. The summed E-state index contributed by atoms with van der Waals surface area (Å²) in [5.74, 6) is 1.54. The topological polar surface area (TPSA) is 78.6 Å². The van der Waals surface area contributed by atoms with E-state index < -0.39 is 0 Å². The van der Waals surface area contributed by atoms with Gasteiger partial charge in [0.2, 0.25) is 0 Å². The largest absolute Gasteiger partial charge is 0.357 e. The van der Waals surface area contributed by atoms with Crippen LogP contribution in [0.15, 0.2) is 64.2 Å². The van der Waals surface area contributed by atoms with Crippen LogP contribution in [0.5, 0.6) is 0 Å². The van der Waals surface area contributed by atoms with Crippen LogP contribution in [0.1, 0.15) is 19.0 Å². The summed E-state index contributed by atoms with van der Waals surface area (Å²) in [4.78, 5) is 10.8. The molecule has 0 spiro atoms. The van der Waals surface area contributed by atoms with E-state index in [4.69, 9.17) is 4.52 Å². The fraction of sp³-hybridized carbons (Fsp3) is 0.318. The highest BCUT2D eigenvalue weighted by Gasteiger charge is 2.26. The lowest BCUT2D eigenvalue weighted by Crippen LogP contribution is -2.44. The number of nitrogens with zero attached hydrogens (tertiary/aromatic N) is 4. The average molecular weight is 408 g/mol. The Kier molecular flexibility index (Phi) is 6.22. The van der Waals surface area contributed by atoms with Gasteiger partial charge in [0.15, 0.2) is 23.4 Å². The first kappa shape index (κ1) is 19.9. The van der Waals surface area contributed by atoms with Gasteiger partial charge in [-0.15, -0.1) is 0 Å². The standard InChI is InChI=1S/C22H25FN6O/c1-2-24-22(26-14-18-13-20(30-28-18)16-7-4-3-5-8-16)27-17-10-12-29(15-17)21-19(23)9-6-11-25-21/h3-9,11,13,17H,2,10,12,14-15H2,1H3,(H2,24,26,27). The first-order chi connectivity index (χ1) is 14.7. The molecule has 1 aliphatic rings. The van der Waals surface area contributed by atoms with Crippen molar-refractivity contribution in [3.63, 3.8) is 0 Å². The maximum atomic E-state index is 14.0. The molecule has 4 rings (SSSR count). The average Bonchev–Trinajstić information content (AvgIpc) is 3.43. The molecule has 3 aromatic rings. The molecule has 7 nitrogen and oxygen atoms in total. The maximum Gasteiger partial charge on any atom is 0.191 e. The summed E-state index contributed by atoms with van der Waals surface area (Å²) in [6, 6.07) is 15.0. The molecule has 156 valence electrons. The Labute approximate surface area is 175 Å². The molecule has 1 unspecified atom stereocenters. The third-order valence-electron chi connectivity index (χ3n) is 4.93. The third-order valence-corrected chi connectivity index (χ3v) is 4.93. The van der Waals surface area contributed by atoms with Gasteiger partial charge in [-0.25, -0.2) is 14.4 Å². The lowest BCUT2D eigenvalue weighted by atomic mass is 10.2. The minimum Gasteiger partial charge on any atom is -0.357 e. The van der Waals surface area contributed by atoms with Crippen molar-refractivity contribution in [1.82, 2.24) is 20.8 Å². The Morgan fingerprint density at radius 2 is 2.13 bits per heavy atom. The number of aromatic nitrogens is 2. The fourth-order valence-corrected chi connectivity index (χ4v) is 3.48. The van der Waals surface area contributed by atoms with Crippen molar-refractivity contribution in [2.24, 2.45) is 4.99 Å². The van der Waals surface area contributed by atoms with Crippen LogP contribution >= 0.6 is 0 Å². The first-order valence-corrected chi connectivity index (χ1v) is 10.1. The molecule has 0 amide bonds. The number of pyridine rings is 1. The number of hydrogen-bond acceptors (Lipinski definition) is 5. The Hall–Kier alpha value is -3.42. The van der Waals surface area contributed by atoms with Crippen molar-refractivity contribution in [2.75, 3.05) is 24.5 Å². The minimum absolute atomic E-state index is 0.154. The van der Waals surface area contributed by atoms with Crippen LogP contribution in [-0.2, 0) is 6.54 Å². The zero-order valence-electron chi connectivity index (χ0n) is 16.9. The SMILES string of the molecule is CCNC(=NCc1cc(-c2ccccc2)on1)NC1CCN(c2ncccc2F)C1. The molecule has 2 aromatic heterocycles. The van der Waals surface area contributed by atoms with Gasteiger partial charge in [0, 0.05) is 43.5 Å². The van der Waals surface area contributed by atoms with Crippen LogP contribution < -0.4 is 15.5 Å². The number of anilines is 1. The fourth-order valence-electron chi connectivity index (χ4n) is 3.48. The molecule has 0 aliphatic carbocycles. The van der Waals surface area contributed by atoms with Gasteiger partial charge in [0.25, 0.3) is 0 Å². The zero-order valence-corrected chi connectivity index (χ0v) is 16.9. The van der Waals surface area contributed by atoms with Gasteiger partial charge in [-0.1, -0.05) is 35.5 Å². The van der Waals surface area contributed by atoms with E-state index in [0.29, 0.717) is 24.9 Å². The van der Waals surface area contributed by atoms with E-state index in [1.807, 2.05) is 48.2 Å². The molecular weight excluding hydrogens is 383 g/mol. The normalized spacial score (nSPS) is 16.7. The molecule has 8 heteroatoms. The maximum absolute atomic E-state index is 14.0. The van der Waals surface area contributed by atoms with Gasteiger partial charge in [-0.3, -0.25) is 0 Å². The quantitative estimate of drug-likeness (QED) is 0.482. The molecule has 1 atom stereocenters. The second-order valence-electron chi connectivity index (χ2n) is 7.13. The predicted octanol–water partition coefficient (Wildman–Crippen LogP) is 3.21. The lowest BCUT2D eigenvalue weighted by molar-refractivity contribution is 0.424.